The zero-order valence-corrected chi connectivity index (χ0v) is 11.5. The monoisotopic (exact) mass is 287 g/mol. The smallest absolute Gasteiger partial charge is 0.255 e. The fourth-order valence-electron chi connectivity index (χ4n) is 2.32. The van der Waals surface area contributed by atoms with Gasteiger partial charge in [-0.1, -0.05) is 25.4 Å². The molecule has 0 N–H and O–H groups in total. The largest absolute Gasteiger partial charge is 0.417 e. The van der Waals surface area contributed by atoms with Gasteiger partial charge in [0.25, 0.3) is 0 Å². The van der Waals surface area contributed by atoms with Crippen LogP contribution in [0.2, 0.25) is 5.02 Å². The Bertz CT molecular complexity index is 633. The summed E-state index contributed by atoms with van der Waals surface area (Å²) in [5.41, 5.74) is 0.934. The number of benzene rings is 1. The topological polar surface area (TPSA) is 12.9 Å². The van der Waals surface area contributed by atoms with Crippen LogP contribution in [0.5, 0.6) is 0 Å². The van der Waals surface area contributed by atoms with Gasteiger partial charge in [-0.25, -0.2) is 0 Å². The molecule has 1 heterocycles. The summed E-state index contributed by atoms with van der Waals surface area (Å²) in [7, 11) is 0. The first-order chi connectivity index (χ1) is 8.73. The number of aryl methyl sites for hydroxylation is 1. The van der Waals surface area contributed by atoms with E-state index >= 15 is 0 Å². The van der Waals surface area contributed by atoms with Gasteiger partial charge in [0.15, 0.2) is 0 Å². The number of hydrogen-bond acceptors (Lipinski definition) is 1. The Hall–Kier alpha value is -1.29. The molecule has 0 bridgehead atoms. The van der Waals surface area contributed by atoms with Gasteiger partial charge in [0.1, 0.15) is 0 Å². The van der Waals surface area contributed by atoms with Gasteiger partial charge in [-0.3, -0.25) is 4.98 Å². The van der Waals surface area contributed by atoms with Crippen LogP contribution in [0, 0.1) is 6.92 Å². The predicted octanol–water partition coefficient (Wildman–Crippen LogP) is 5.34. The zero-order chi connectivity index (χ0) is 14.4. The average Bonchev–Trinajstić information content (AvgIpc) is 2.31. The maximum Gasteiger partial charge on any atom is 0.417 e. The second kappa shape index (κ2) is 4.67. The predicted molar refractivity (Wildman–Crippen MR) is 70.6 cm³/mol. The Morgan fingerprint density at radius 3 is 2.42 bits per heavy atom. The number of nitrogens with zero attached hydrogens (tertiary/aromatic N) is 1. The summed E-state index contributed by atoms with van der Waals surface area (Å²) in [6.45, 7) is 5.53. The minimum atomic E-state index is -4.41. The average molecular weight is 288 g/mol. The van der Waals surface area contributed by atoms with Crippen LogP contribution in [0.25, 0.3) is 10.9 Å². The number of hydrogen-bond donors (Lipinski definition) is 0. The normalized spacial score (nSPS) is 12.4. The molecule has 2 aromatic rings. The van der Waals surface area contributed by atoms with Crippen molar-refractivity contribution in [2.45, 2.75) is 32.9 Å². The summed E-state index contributed by atoms with van der Waals surface area (Å²) in [5.74, 6) is 0.100. The third-order valence-electron chi connectivity index (χ3n) is 3.19. The van der Waals surface area contributed by atoms with E-state index in [1.54, 1.807) is 13.0 Å². The molecule has 0 aliphatic rings. The van der Waals surface area contributed by atoms with E-state index in [4.69, 9.17) is 11.6 Å². The minimum Gasteiger partial charge on any atom is -0.255 e. The van der Waals surface area contributed by atoms with Gasteiger partial charge in [-0.05, 0) is 36.1 Å². The Kier molecular flexibility index (Phi) is 3.47. The highest BCUT2D eigenvalue weighted by Gasteiger charge is 2.34. The van der Waals surface area contributed by atoms with E-state index in [0.717, 1.165) is 17.8 Å². The summed E-state index contributed by atoms with van der Waals surface area (Å²) in [4.78, 5) is 3.98. The molecule has 0 fully saturated rings. The van der Waals surface area contributed by atoms with Crippen molar-refractivity contribution in [2.75, 3.05) is 0 Å². The number of rotatable bonds is 1. The van der Waals surface area contributed by atoms with Gasteiger partial charge in [-0.2, -0.15) is 13.2 Å². The van der Waals surface area contributed by atoms with Crippen LogP contribution in [0.4, 0.5) is 13.2 Å². The molecule has 5 heteroatoms. The van der Waals surface area contributed by atoms with Crippen molar-refractivity contribution >= 4 is 22.5 Å². The molecule has 0 saturated heterocycles. The van der Waals surface area contributed by atoms with E-state index in [1.165, 1.54) is 0 Å². The SMILES string of the molecule is Cc1c(C(C)C)cc(Cl)c2nccc(C(F)(F)F)c12. The number of aromatic nitrogens is 1. The Morgan fingerprint density at radius 1 is 1.26 bits per heavy atom. The van der Waals surface area contributed by atoms with Crippen molar-refractivity contribution in [1.29, 1.82) is 0 Å². The summed E-state index contributed by atoms with van der Waals surface area (Å²) < 4.78 is 39.3. The van der Waals surface area contributed by atoms with E-state index in [1.807, 2.05) is 13.8 Å². The summed E-state index contributed by atoms with van der Waals surface area (Å²) in [5, 5.41) is 0.363. The minimum absolute atomic E-state index is 0.100. The molecule has 0 saturated carbocycles. The Labute approximate surface area is 114 Å². The molecular weight excluding hydrogens is 275 g/mol. The van der Waals surface area contributed by atoms with Crippen LogP contribution in [0.1, 0.15) is 36.5 Å². The lowest BCUT2D eigenvalue weighted by Crippen LogP contribution is -2.08. The summed E-state index contributed by atoms with van der Waals surface area (Å²) in [6, 6.07) is 2.70. The van der Waals surface area contributed by atoms with Gasteiger partial charge < -0.3 is 0 Å². The van der Waals surface area contributed by atoms with Crippen molar-refractivity contribution in [1.82, 2.24) is 4.98 Å². The second-order valence-electron chi connectivity index (χ2n) is 4.81. The molecule has 0 spiro atoms. The van der Waals surface area contributed by atoms with Crippen LogP contribution >= 0.6 is 11.6 Å². The van der Waals surface area contributed by atoms with Crippen molar-refractivity contribution < 1.29 is 13.2 Å². The number of pyridine rings is 1. The quantitative estimate of drug-likeness (QED) is 0.690. The number of alkyl halides is 3. The van der Waals surface area contributed by atoms with Crippen LogP contribution in [0.3, 0.4) is 0 Å². The van der Waals surface area contributed by atoms with Gasteiger partial charge >= 0.3 is 6.18 Å². The molecule has 2 rings (SSSR count). The number of fused-ring (bicyclic) bond motifs is 1. The van der Waals surface area contributed by atoms with Crippen LogP contribution in [-0.4, -0.2) is 4.98 Å². The fourth-order valence-corrected chi connectivity index (χ4v) is 2.58. The van der Waals surface area contributed by atoms with Crippen molar-refractivity contribution in [3.63, 3.8) is 0 Å². The second-order valence-corrected chi connectivity index (χ2v) is 5.21. The molecule has 0 amide bonds. The van der Waals surface area contributed by atoms with Gasteiger partial charge in [0.2, 0.25) is 0 Å². The third-order valence-corrected chi connectivity index (χ3v) is 3.48. The third kappa shape index (κ3) is 2.41. The molecule has 1 aromatic carbocycles. The zero-order valence-electron chi connectivity index (χ0n) is 10.8. The fraction of sp³-hybridized carbons (Fsp3) is 0.357. The first-order valence-electron chi connectivity index (χ1n) is 5.88. The van der Waals surface area contributed by atoms with Gasteiger partial charge in [0.05, 0.1) is 16.1 Å². The van der Waals surface area contributed by atoms with Gasteiger partial charge in [0, 0.05) is 11.6 Å². The molecule has 0 radical (unpaired) electrons. The first kappa shape index (κ1) is 14.1. The standard InChI is InChI=1S/C14H13ClF3N/c1-7(2)9-6-11(15)13-12(8(9)3)10(4-5-19-13)14(16,17)18/h4-7H,1-3H3. The van der Waals surface area contributed by atoms with Crippen molar-refractivity contribution in [2.24, 2.45) is 0 Å². The lowest BCUT2D eigenvalue weighted by atomic mass is 9.92. The molecule has 0 unspecified atom stereocenters. The molecule has 0 atom stereocenters. The van der Waals surface area contributed by atoms with Crippen LogP contribution < -0.4 is 0 Å². The van der Waals surface area contributed by atoms with E-state index < -0.39 is 11.7 Å². The van der Waals surface area contributed by atoms with E-state index in [9.17, 15) is 13.2 Å². The maximum absolute atomic E-state index is 13.1. The Balaban J connectivity index is 2.95. The summed E-state index contributed by atoms with van der Waals surface area (Å²) >= 11 is 6.07. The lowest BCUT2D eigenvalue weighted by Gasteiger charge is -2.17. The molecule has 1 aromatic heterocycles. The van der Waals surface area contributed by atoms with E-state index in [0.29, 0.717) is 5.56 Å². The molecule has 102 valence electrons. The molecule has 0 aliphatic carbocycles. The lowest BCUT2D eigenvalue weighted by molar-refractivity contribution is -0.136. The highest BCUT2D eigenvalue weighted by atomic mass is 35.5. The Morgan fingerprint density at radius 2 is 1.89 bits per heavy atom. The van der Waals surface area contributed by atoms with Crippen molar-refractivity contribution in [3.8, 4) is 0 Å². The highest BCUT2D eigenvalue weighted by molar-refractivity contribution is 6.35. The maximum atomic E-state index is 13.1. The van der Waals surface area contributed by atoms with Gasteiger partial charge in [-0.15, -0.1) is 0 Å². The van der Waals surface area contributed by atoms with E-state index in [2.05, 4.69) is 4.98 Å². The van der Waals surface area contributed by atoms with Crippen LogP contribution in [-0.2, 0) is 6.18 Å². The molecule has 19 heavy (non-hydrogen) atoms. The highest BCUT2D eigenvalue weighted by Crippen LogP contribution is 2.39. The molecule has 1 nitrogen and oxygen atoms in total. The first-order valence-corrected chi connectivity index (χ1v) is 6.26. The molecular formula is C14H13ClF3N. The molecule has 0 aliphatic heterocycles. The van der Waals surface area contributed by atoms with Crippen molar-refractivity contribution in [3.05, 3.63) is 40.0 Å². The van der Waals surface area contributed by atoms with E-state index in [-0.39, 0.29) is 21.8 Å². The number of halogens is 4. The summed E-state index contributed by atoms with van der Waals surface area (Å²) in [6.07, 6.45) is -3.27. The van der Waals surface area contributed by atoms with Crippen LogP contribution in [0.15, 0.2) is 18.3 Å².